The minimum absolute atomic E-state index is 0.0490. The summed E-state index contributed by atoms with van der Waals surface area (Å²) in [4.78, 5) is 10.9. The zero-order chi connectivity index (χ0) is 36.0. The van der Waals surface area contributed by atoms with Crippen molar-refractivity contribution >= 4 is 5.97 Å². The standard InChI is InChI=1S/C22H30O3.C22H34O2/c1-2-3-12-15-20(23)16-13-10-8-6-4-5-7-9-11-14-17-21-18-19-22(24)25-21;1-3-5-14-18-22(24)20-16-13-11-9-7-6-8-10-12-15-19-21(23)17-4-2/h3-5,8-14,16-17,20-21,23H,2,6-7,15,18-19H2,1H3;5-7,10-16,19-24H,3-4,8-9,17-18H2,1-2H3/b5-4-,10-8-,11-9-,12-3-,16-13+,17-14+;7-6-,12-10-,13-11-,14-5-,19-15+,20-16+/t20-,21+;21-,22-/m00/s1. The van der Waals surface area contributed by atoms with Crippen LogP contribution in [0.4, 0.5) is 0 Å². The van der Waals surface area contributed by atoms with Crippen LogP contribution in [-0.2, 0) is 9.53 Å². The number of rotatable bonds is 24. The van der Waals surface area contributed by atoms with Crippen LogP contribution in [0.15, 0.2) is 146 Å². The Morgan fingerprint density at radius 1 is 0.571 bits per heavy atom. The van der Waals surface area contributed by atoms with Gasteiger partial charge in [0.15, 0.2) is 0 Å². The fourth-order valence-electron chi connectivity index (χ4n) is 4.13. The maximum Gasteiger partial charge on any atom is 0.306 e. The Hall–Kier alpha value is -3.77. The van der Waals surface area contributed by atoms with Crippen molar-refractivity contribution in [1.29, 1.82) is 0 Å². The maximum atomic E-state index is 10.9. The number of aliphatic hydroxyl groups is 3. The third-order valence-corrected chi connectivity index (χ3v) is 6.80. The number of allylic oxidation sites excluding steroid dienone is 18. The highest BCUT2D eigenvalue weighted by Crippen LogP contribution is 2.14. The van der Waals surface area contributed by atoms with E-state index in [-0.39, 0.29) is 18.2 Å². The monoisotopic (exact) mass is 672 g/mol. The molecule has 5 nitrogen and oxygen atoms in total. The molecule has 0 aromatic carbocycles. The van der Waals surface area contributed by atoms with E-state index in [2.05, 4.69) is 81.5 Å². The minimum atomic E-state index is -0.408. The SMILES string of the molecule is CC/C=C\C[C@H](O)/C=C/C=C\C/C=C\C/C=C\C=C\[C@@H](O)CCC.CC/C=C\C[C@H](O)/C=C/C=C\C/C=C\C/C=C\C=C\[C@@H]1CCC(=O)O1. The predicted octanol–water partition coefficient (Wildman–Crippen LogP) is 10.4. The molecule has 270 valence electrons. The molecule has 1 heterocycles. The quantitative estimate of drug-likeness (QED) is 0.0540. The number of carbonyl (C=O) groups excluding carboxylic acids is 1. The van der Waals surface area contributed by atoms with Gasteiger partial charge in [0.2, 0.25) is 0 Å². The number of carbonyl (C=O) groups is 1. The van der Waals surface area contributed by atoms with Crippen molar-refractivity contribution in [2.75, 3.05) is 0 Å². The van der Waals surface area contributed by atoms with Crippen molar-refractivity contribution < 1.29 is 24.9 Å². The van der Waals surface area contributed by atoms with Crippen LogP contribution in [0.3, 0.4) is 0 Å². The van der Waals surface area contributed by atoms with Gasteiger partial charge in [-0.3, -0.25) is 4.79 Å². The van der Waals surface area contributed by atoms with Gasteiger partial charge in [-0.25, -0.2) is 0 Å². The van der Waals surface area contributed by atoms with Crippen molar-refractivity contribution in [3.05, 3.63) is 146 Å². The predicted molar refractivity (Wildman–Crippen MR) is 210 cm³/mol. The number of hydrogen-bond acceptors (Lipinski definition) is 5. The highest BCUT2D eigenvalue weighted by atomic mass is 16.5. The first-order valence-electron chi connectivity index (χ1n) is 18.1. The first-order chi connectivity index (χ1) is 23.9. The van der Waals surface area contributed by atoms with Gasteiger partial charge in [0.1, 0.15) is 6.10 Å². The third-order valence-electron chi connectivity index (χ3n) is 6.80. The van der Waals surface area contributed by atoms with Crippen LogP contribution >= 0.6 is 0 Å². The molecule has 1 fully saturated rings. The summed E-state index contributed by atoms with van der Waals surface area (Å²) in [5.74, 6) is -0.104. The van der Waals surface area contributed by atoms with E-state index >= 15 is 0 Å². The molecule has 0 aliphatic carbocycles. The molecule has 5 heteroatoms. The Balaban J connectivity index is 0.000000942. The lowest BCUT2D eigenvalue weighted by atomic mass is 10.2. The van der Waals surface area contributed by atoms with Gasteiger partial charge in [-0.2, -0.15) is 0 Å². The number of esters is 1. The molecule has 0 aromatic rings. The minimum Gasteiger partial charge on any atom is -0.458 e. The number of ether oxygens (including phenoxy) is 1. The number of aliphatic hydroxyl groups excluding tert-OH is 3. The van der Waals surface area contributed by atoms with Gasteiger partial charge in [0, 0.05) is 6.42 Å². The van der Waals surface area contributed by atoms with Crippen molar-refractivity contribution in [1.82, 2.24) is 0 Å². The zero-order valence-corrected chi connectivity index (χ0v) is 30.3. The van der Waals surface area contributed by atoms with Crippen LogP contribution in [-0.4, -0.2) is 45.7 Å². The molecule has 0 saturated carbocycles. The number of cyclic esters (lactones) is 1. The molecule has 0 spiro atoms. The molecule has 1 rings (SSSR count). The smallest absolute Gasteiger partial charge is 0.306 e. The molecule has 0 unspecified atom stereocenters. The van der Waals surface area contributed by atoms with Gasteiger partial charge in [0.05, 0.1) is 18.3 Å². The summed E-state index contributed by atoms with van der Waals surface area (Å²) >= 11 is 0. The molecule has 0 aromatic heterocycles. The molecule has 0 amide bonds. The zero-order valence-electron chi connectivity index (χ0n) is 30.3. The van der Waals surface area contributed by atoms with E-state index in [1.54, 1.807) is 6.08 Å². The van der Waals surface area contributed by atoms with E-state index in [0.717, 1.165) is 57.8 Å². The van der Waals surface area contributed by atoms with Gasteiger partial charge in [-0.1, -0.05) is 167 Å². The molecular formula is C44H64O5. The lowest BCUT2D eigenvalue weighted by molar-refractivity contribution is -0.140. The molecule has 4 atom stereocenters. The molecule has 1 saturated heterocycles. The second-order valence-corrected chi connectivity index (χ2v) is 11.4. The summed E-state index contributed by atoms with van der Waals surface area (Å²) < 4.78 is 5.09. The van der Waals surface area contributed by atoms with E-state index < -0.39 is 12.2 Å². The van der Waals surface area contributed by atoms with Gasteiger partial charge < -0.3 is 20.1 Å². The van der Waals surface area contributed by atoms with Crippen molar-refractivity contribution in [2.24, 2.45) is 0 Å². The fraction of sp³-hybridized carbons (Fsp3) is 0.432. The van der Waals surface area contributed by atoms with E-state index in [1.807, 2.05) is 79.0 Å². The summed E-state index contributed by atoms with van der Waals surface area (Å²) in [7, 11) is 0. The van der Waals surface area contributed by atoms with Gasteiger partial charge >= 0.3 is 5.97 Å². The van der Waals surface area contributed by atoms with Crippen LogP contribution in [0.1, 0.15) is 97.8 Å². The van der Waals surface area contributed by atoms with E-state index in [1.165, 1.54) is 0 Å². The van der Waals surface area contributed by atoms with Crippen LogP contribution in [0, 0.1) is 0 Å². The van der Waals surface area contributed by atoms with Crippen LogP contribution < -0.4 is 0 Å². The van der Waals surface area contributed by atoms with E-state index in [0.29, 0.717) is 19.3 Å². The lowest BCUT2D eigenvalue weighted by Crippen LogP contribution is -2.01. The largest absolute Gasteiger partial charge is 0.458 e. The van der Waals surface area contributed by atoms with Gasteiger partial charge in [0.25, 0.3) is 0 Å². The molecule has 0 bridgehead atoms. The van der Waals surface area contributed by atoms with Crippen molar-refractivity contribution in [3.63, 3.8) is 0 Å². The Morgan fingerprint density at radius 2 is 1.00 bits per heavy atom. The van der Waals surface area contributed by atoms with Gasteiger partial charge in [-0.15, -0.1) is 0 Å². The molecule has 0 radical (unpaired) electrons. The topological polar surface area (TPSA) is 87.0 Å². The fourth-order valence-corrected chi connectivity index (χ4v) is 4.13. The second-order valence-electron chi connectivity index (χ2n) is 11.4. The summed E-state index contributed by atoms with van der Waals surface area (Å²) in [5, 5.41) is 28.9. The average Bonchev–Trinajstić information content (AvgIpc) is 3.51. The highest BCUT2D eigenvalue weighted by Gasteiger charge is 2.19. The normalized spacial score (nSPS) is 18.2. The molecule has 3 N–H and O–H groups in total. The Kier molecular flexibility index (Phi) is 32.8. The van der Waals surface area contributed by atoms with Gasteiger partial charge in [-0.05, 0) is 70.3 Å². The van der Waals surface area contributed by atoms with E-state index in [9.17, 15) is 20.1 Å². The average molecular weight is 673 g/mol. The lowest BCUT2D eigenvalue weighted by Gasteiger charge is -1.99. The Morgan fingerprint density at radius 3 is 1.39 bits per heavy atom. The summed E-state index contributed by atoms with van der Waals surface area (Å²) in [6.45, 7) is 6.23. The Labute approximate surface area is 298 Å². The molecule has 1 aliphatic rings. The first-order valence-corrected chi connectivity index (χ1v) is 18.1. The summed E-state index contributed by atoms with van der Waals surface area (Å²) in [6.07, 6.45) is 56.5. The van der Waals surface area contributed by atoms with Crippen LogP contribution in [0.2, 0.25) is 0 Å². The molecule has 49 heavy (non-hydrogen) atoms. The highest BCUT2D eigenvalue weighted by molar-refractivity contribution is 5.71. The van der Waals surface area contributed by atoms with Crippen molar-refractivity contribution in [2.45, 2.75) is 122 Å². The third kappa shape index (κ3) is 33.9. The van der Waals surface area contributed by atoms with Crippen LogP contribution in [0.5, 0.6) is 0 Å². The number of hydrogen-bond donors (Lipinski definition) is 3. The molecule has 1 aliphatic heterocycles. The Bertz CT molecular complexity index is 1160. The first kappa shape index (κ1) is 45.2. The summed E-state index contributed by atoms with van der Waals surface area (Å²) in [6, 6.07) is 0. The molecular weight excluding hydrogens is 608 g/mol. The second kappa shape index (κ2) is 35.5. The van der Waals surface area contributed by atoms with Crippen LogP contribution in [0.25, 0.3) is 0 Å². The van der Waals surface area contributed by atoms with Crippen molar-refractivity contribution in [3.8, 4) is 0 Å². The maximum absolute atomic E-state index is 10.9. The summed E-state index contributed by atoms with van der Waals surface area (Å²) in [5.41, 5.74) is 0. The van der Waals surface area contributed by atoms with E-state index in [4.69, 9.17) is 4.74 Å².